The number of nitrogens with zero attached hydrogens (tertiary/aromatic N) is 2. The average molecular weight is 264 g/mol. The van der Waals surface area contributed by atoms with Crippen LogP contribution in [0.3, 0.4) is 0 Å². The van der Waals surface area contributed by atoms with Crippen molar-refractivity contribution in [3.05, 3.63) is 40.1 Å². The highest BCUT2D eigenvalue weighted by Gasteiger charge is 2.05. The van der Waals surface area contributed by atoms with Crippen LogP contribution in [0, 0.1) is 6.92 Å². The Kier molecular flexibility index (Phi) is 3.65. The molecular weight excluding hydrogens is 252 g/mol. The SMILES string of the molecule is Cc1csc(CNc2cnccc2C(N)=S)n1. The van der Waals surface area contributed by atoms with E-state index >= 15 is 0 Å². The molecule has 6 heteroatoms. The highest BCUT2D eigenvalue weighted by molar-refractivity contribution is 7.80. The topological polar surface area (TPSA) is 63.8 Å². The summed E-state index contributed by atoms with van der Waals surface area (Å²) >= 11 is 6.61. The van der Waals surface area contributed by atoms with Crippen LogP contribution in [0.25, 0.3) is 0 Å². The minimum Gasteiger partial charge on any atom is -0.389 e. The molecule has 2 rings (SSSR count). The lowest BCUT2D eigenvalue weighted by Gasteiger charge is -2.08. The van der Waals surface area contributed by atoms with Gasteiger partial charge in [0.25, 0.3) is 0 Å². The number of thiocarbonyl (C=S) groups is 1. The number of thiazole rings is 1. The molecule has 0 spiro atoms. The van der Waals surface area contributed by atoms with Crippen molar-refractivity contribution in [1.29, 1.82) is 0 Å². The quantitative estimate of drug-likeness (QED) is 0.828. The fraction of sp³-hybridized carbons (Fsp3) is 0.182. The van der Waals surface area contributed by atoms with Gasteiger partial charge in [0.1, 0.15) is 10.00 Å². The minimum atomic E-state index is 0.366. The van der Waals surface area contributed by atoms with Gasteiger partial charge < -0.3 is 11.1 Å². The molecule has 0 aliphatic heterocycles. The first kappa shape index (κ1) is 11.9. The molecule has 4 nitrogen and oxygen atoms in total. The number of aryl methyl sites for hydroxylation is 1. The van der Waals surface area contributed by atoms with E-state index < -0.39 is 0 Å². The Morgan fingerprint density at radius 2 is 2.41 bits per heavy atom. The first-order chi connectivity index (χ1) is 8.16. The van der Waals surface area contributed by atoms with Crippen LogP contribution in [0.2, 0.25) is 0 Å². The Morgan fingerprint density at radius 3 is 3.06 bits per heavy atom. The van der Waals surface area contributed by atoms with Gasteiger partial charge in [0.2, 0.25) is 0 Å². The van der Waals surface area contributed by atoms with Gasteiger partial charge in [0.15, 0.2) is 0 Å². The zero-order chi connectivity index (χ0) is 12.3. The lowest BCUT2D eigenvalue weighted by Crippen LogP contribution is -2.13. The third-order valence-corrected chi connectivity index (χ3v) is 3.37. The van der Waals surface area contributed by atoms with E-state index in [4.69, 9.17) is 18.0 Å². The van der Waals surface area contributed by atoms with Crippen molar-refractivity contribution in [3.63, 3.8) is 0 Å². The second-order valence-electron chi connectivity index (χ2n) is 3.52. The number of aromatic nitrogens is 2. The second-order valence-corrected chi connectivity index (χ2v) is 4.90. The molecule has 0 bridgehead atoms. The molecule has 0 atom stereocenters. The van der Waals surface area contributed by atoms with Gasteiger partial charge in [0, 0.05) is 22.8 Å². The zero-order valence-electron chi connectivity index (χ0n) is 9.30. The van der Waals surface area contributed by atoms with Crippen molar-refractivity contribution >= 4 is 34.2 Å². The normalized spacial score (nSPS) is 10.2. The maximum Gasteiger partial charge on any atom is 0.112 e. The second kappa shape index (κ2) is 5.20. The molecule has 0 unspecified atom stereocenters. The molecule has 0 aliphatic rings. The summed E-state index contributed by atoms with van der Waals surface area (Å²) in [6.07, 6.45) is 3.39. The first-order valence-corrected chi connectivity index (χ1v) is 6.34. The molecule has 3 N–H and O–H groups in total. The fourth-order valence-corrected chi connectivity index (χ4v) is 2.29. The van der Waals surface area contributed by atoms with Gasteiger partial charge in [-0.3, -0.25) is 4.98 Å². The molecule has 0 amide bonds. The molecule has 0 fully saturated rings. The van der Waals surface area contributed by atoms with Crippen LogP contribution in [-0.4, -0.2) is 15.0 Å². The average Bonchev–Trinajstić information content (AvgIpc) is 2.73. The number of hydrogen-bond donors (Lipinski definition) is 2. The summed E-state index contributed by atoms with van der Waals surface area (Å²) in [6, 6.07) is 1.80. The van der Waals surface area contributed by atoms with Crippen molar-refractivity contribution in [2.45, 2.75) is 13.5 Å². The molecule has 88 valence electrons. The Balaban J connectivity index is 2.11. The monoisotopic (exact) mass is 264 g/mol. The van der Waals surface area contributed by atoms with Crippen LogP contribution in [-0.2, 0) is 6.54 Å². The fourth-order valence-electron chi connectivity index (χ4n) is 1.40. The number of nitrogens with two attached hydrogens (primary N) is 1. The predicted octanol–water partition coefficient (Wildman–Crippen LogP) is 2.09. The van der Waals surface area contributed by atoms with Crippen molar-refractivity contribution in [3.8, 4) is 0 Å². The number of pyridine rings is 1. The van der Waals surface area contributed by atoms with Gasteiger partial charge in [-0.05, 0) is 13.0 Å². The third-order valence-electron chi connectivity index (χ3n) is 2.18. The van der Waals surface area contributed by atoms with Crippen LogP contribution in [0.5, 0.6) is 0 Å². The van der Waals surface area contributed by atoms with E-state index in [2.05, 4.69) is 15.3 Å². The van der Waals surface area contributed by atoms with E-state index in [1.165, 1.54) is 0 Å². The molecule has 0 saturated carbocycles. The predicted molar refractivity (Wildman–Crippen MR) is 74.3 cm³/mol. The molecule has 2 aromatic rings. The van der Waals surface area contributed by atoms with Crippen molar-refractivity contribution in [1.82, 2.24) is 9.97 Å². The zero-order valence-corrected chi connectivity index (χ0v) is 10.9. The highest BCUT2D eigenvalue weighted by Crippen LogP contribution is 2.16. The van der Waals surface area contributed by atoms with Gasteiger partial charge >= 0.3 is 0 Å². The van der Waals surface area contributed by atoms with Crippen LogP contribution in [0.4, 0.5) is 5.69 Å². The van der Waals surface area contributed by atoms with E-state index in [0.29, 0.717) is 11.5 Å². The van der Waals surface area contributed by atoms with Gasteiger partial charge in [0.05, 0.1) is 18.4 Å². The maximum absolute atomic E-state index is 5.64. The summed E-state index contributed by atoms with van der Waals surface area (Å²) < 4.78 is 0. The summed E-state index contributed by atoms with van der Waals surface area (Å²) in [5.74, 6) is 0. The van der Waals surface area contributed by atoms with E-state index in [9.17, 15) is 0 Å². The number of hydrogen-bond acceptors (Lipinski definition) is 5. The van der Waals surface area contributed by atoms with Gasteiger partial charge in [-0.25, -0.2) is 4.98 Å². The summed E-state index contributed by atoms with van der Waals surface area (Å²) in [7, 11) is 0. The van der Waals surface area contributed by atoms with Crippen molar-refractivity contribution in [2.75, 3.05) is 5.32 Å². The van der Waals surface area contributed by atoms with Gasteiger partial charge in [-0.2, -0.15) is 0 Å². The molecule has 0 radical (unpaired) electrons. The molecule has 0 aromatic carbocycles. The minimum absolute atomic E-state index is 0.366. The maximum atomic E-state index is 5.64. The van der Waals surface area contributed by atoms with Gasteiger partial charge in [-0.15, -0.1) is 11.3 Å². The lowest BCUT2D eigenvalue weighted by molar-refractivity contribution is 1.07. The number of nitrogens with one attached hydrogen (secondary N) is 1. The number of rotatable bonds is 4. The summed E-state index contributed by atoms with van der Waals surface area (Å²) in [6.45, 7) is 2.63. The first-order valence-electron chi connectivity index (χ1n) is 5.05. The van der Waals surface area contributed by atoms with Crippen LogP contribution >= 0.6 is 23.6 Å². The Bertz CT molecular complexity index is 536. The number of anilines is 1. The molecule has 0 aliphatic carbocycles. The third kappa shape index (κ3) is 2.98. The van der Waals surface area contributed by atoms with Crippen molar-refractivity contribution in [2.24, 2.45) is 5.73 Å². The molecule has 0 saturated heterocycles. The summed E-state index contributed by atoms with van der Waals surface area (Å²) in [5.41, 5.74) is 8.32. The standard InChI is InChI=1S/C11H12N4S2/c1-7-6-17-10(15-7)5-14-9-4-13-3-2-8(9)11(12)16/h2-4,6,14H,5H2,1H3,(H2,12,16). The van der Waals surface area contributed by atoms with E-state index in [-0.39, 0.29) is 0 Å². The molecule has 2 aromatic heterocycles. The highest BCUT2D eigenvalue weighted by atomic mass is 32.1. The largest absolute Gasteiger partial charge is 0.389 e. The smallest absolute Gasteiger partial charge is 0.112 e. The van der Waals surface area contributed by atoms with Crippen LogP contribution < -0.4 is 11.1 Å². The lowest BCUT2D eigenvalue weighted by atomic mass is 10.2. The molecular formula is C11H12N4S2. The van der Waals surface area contributed by atoms with Gasteiger partial charge in [-0.1, -0.05) is 12.2 Å². The summed E-state index contributed by atoms with van der Waals surface area (Å²) in [4.78, 5) is 8.79. The summed E-state index contributed by atoms with van der Waals surface area (Å²) in [5, 5.41) is 6.29. The van der Waals surface area contributed by atoms with E-state index in [1.807, 2.05) is 12.3 Å². The Morgan fingerprint density at radius 1 is 1.59 bits per heavy atom. The molecule has 17 heavy (non-hydrogen) atoms. The van der Waals surface area contributed by atoms with Crippen molar-refractivity contribution < 1.29 is 0 Å². The molecule has 2 heterocycles. The van der Waals surface area contributed by atoms with Crippen LogP contribution in [0.15, 0.2) is 23.8 Å². The van der Waals surface area contributed by atoms with Crippen LogP contribution in [0.1, 0.15) is 16.3 Å². The Labute approximate surface area is 109 Å². The Hall–Kier alpha value is -1.53. The van der Waals surface area contributed by atoms with E-state index in [0.717, 1.165) is 22.0 Å². The van der Waals surface area contributed by atoms with E-state index in [1.54, 1.807) is 29.8 Å².